The van der Waals surface area contributed by atoms with E-state index in [9.17, 15) is 9.90 Å². The highest BCUT2D eigenvalue weighted by Crippen LogP contribution is 2.32. The fourth-order valence-electron chi connectivity index (χ4n) is 3.78. The molecule has 3 aromatic rings. The van der Waals surface area contributed by atoms with Gasteiger partial charge in [0.1, 0.15) is 18.1 Å². The van der Waals surface area contributed by atoms with E-state index in [2.05, 4.69) is 29.1 Å². The highest BCUT2D eigenvalue weighted by Gasteiger charge is 2.27. The van der Waals surface area contributed by atoms with Gasteiger partial charge in [-0.2, -0.15) is 5.10 Å². The summed E-state index contributed by atoms with van der Waals surface area (Å²) >= 11 is 0. The number of rotatable bonds is 8. The average molecular weight is 425 g/mol. The molecule has 0 radical (unpaired) electrons. The van der Waals surface area contributed by atoms with Crippen molar-refractivity contribution in [1.29, 1.82) is 0 Å². The molecular weight excluding hydrogens is 396 g/mol. The van der Waals surface area contributed by atoms with Crippen molar-refractivity contribution in [2.45, 2.75) is 26.6 Å². The number of hydrogen-bond acceptors (Lipinski definition) is 6. The predicted octanol–water partition coefficient (Wildman–Crippen LogP) is 2.90. The SMILES string of the molecule is CCN(C)CCOc1ccc2c(c1)CN(C(=O)c1cc3c(COC)n[nH]c3cc1O)C2. The Morgan fingerprint density at radius 1 is 1.26 bits per heavy atom. The molecule has 0 saturated heterocycles. The van der Waals surface area contributed by atoms with Crippen molar-refractivity contribution in [3.63, 3.8) is 0 Å². The molecule has 0 aliphatic carbocycles. The quantitative estimate of drug-likeness (QED) is 0.578. The molecule has 8 heteroatoms. The fourth-order valence-corrected chi connectivity index (χ4v) is 3.78. The highest BCUT2D eigenvalue weighted by molar-refractivity contribution is 6.01. The van der Waals surface area contributed by atoms with Crippen molar-refractivity contribution in [3.8, 4) is 11.5 Å². The molecule has 0 fully saturated rings. The van der Waals surface area contributed by atoms with Crippen LogP contribution in [0, 0.1) is 0 Å². The second-order valence-electron chi connectivity index (χ2n) is 7.85. The van der Waals surface area contributed by atoms with E-state index < -0.39 is 0 Å². The van der Waals surface area contributed by atoms with Gasteiger partial charge >= 0.3 is 0 Å². The lowest BCUT2D eigenvalue weighted by molar-refractivity contribution is 0.0748. The number of methoxy groups -OCH3 is 1. The Morgan fingerprint density at radius 3 is 2.84 bits per heavy atom. The summed E-state index contributed by atoms with van der Waals surface area (Å²) in [5.74, 6) is 0.529. The van der Waals surface area contributed by atoms with Crippen LogP contribution in [0.25, 0.3) is 10.9 Å². The van der Waals surface area contributed by atoms with Crippen LogP contribution in [0.3, 0.4) is 0 Å². The van der Waals surface area contributed by atoms with Crippen molar-refractivity contribution < 1.29 is 19.4 Å². The van der Waals surface area contributed by atoms with Gasteiger partial charge in [0.25, 0.3) is 5.91 Å². The fraction of sp³-hybridized carbons (Fsp3) is 0.391. The van der Waals surface area contributed by atoms with Gasteiger partial charge in [0.15, 0.2) is 0 Å². The van der Waals surface area contributed by atoms with Crippen molar-refractivity contribution in [2.24, 2.45) is 0 Å². The Bertz CT molecular complexity index is 1090. The summed E-state index contributed by atoms with van der Waals surface area (Å²) < 4.78 is 11.0. The Hall–Kier alpha value is -3.10. The van der Waals surface area contributed by atoms with Crippen LogP contribution in [-0.4, -0.2) is 64.9 Å². The van der Waals surface area contributed by atoms with Gasteiger partial charge in [-0.1, -0.05) is 13.0 Å². The van der Waals surface area contributed by atoms with Crippen molar-refractivity contribution in [3.05, 3.63) is 52.7 Å². The van der Waals surface area contributed by atoms with Crippen LogP contribution in [0.1, 0.15) is 34.1 Å². The van der Waals surface area contributed by atoms with E-state index in [0.29, 0.717) is 37.5 Å². The number of benzene rings is 2. The molecule has 0 saturated carbocycles. The van der Waals surface area contributed by atoms with Crippen LogP contribution < -0.4 is 4.74 Å². The van der Waals surface area contributed by atoms with Crippen LogP contribution in [0.2, 0.25) is 0 Å². The van der Waals surface area contributed by atoms with E-state index in [-0.39, 0.29) is 17.2 Å². The molecule has 2 N–H and O–H groups in total. The third-order valence-corrected chi connectivity index (χ3v) is 5.74. The number of H-pyrrole nitrogens is 1. The van der Waals surface area contributed by atoms with Crippen LogP contribution in [0.5, 0.6) is 11.5 Å². The number of carbonyl (C=O) groups excluding carboxylic acids is 1. The normalized spacial score (nSPS) is 13.2. The summed E-state index contributed by atoms with van der Waals surface area (Å²) in [7, 11) is 3.65. The van der Waals surface area contributed by atoms with Crippen LogP contribution >= 0.6 is 0 Å². The van der Waals surface area contributed by atoms with Crippen LogP contribution in [-0.2, 0) is 24.4 Å². The first kappa shape index (κ1) is 21.1. The van der Waals surface area contributed by atoms with Gasteiger partial charge in [-0.3, -0.25) is 9.89 Å². The number of aromatic hydroxyl groups is 1. The molecule has 0 unspecified atom stereocenters. The zero-order chi connectivity index (χ0) is 22.0. The largest absolute Gasteiger partial charge is 0.507 e. The van der Waals surface area contributed by atoms with Gasteiger partial charge in [-0.15, -0.1) is 0 Å². The Labute approximate surface area is 181 Å². The maximum atomic E-state index is 13.2. The number of amides is 1. The number of aromatic amines is 1. The highest BCUT2D eigenvalue weighted by atomic mass is 16.5. The molecule has 4 rings (SSSR count). The molecular formula is C23H28N4O4. The Balaban J connectivity index is 1.49. The lowest BCUT2D eigenvalue weighted by Crippen LogP contribution is -2.25. The lowest BCUT2D eigenvalue weighted by Gasteiger charge is -2.16. The zero-order valence-electron chi connectivity index (χ0n) is 18.1. The number of carbonyl (C=O) groups is 1. The number of hydrogen-bond donors (Lipinski definition) is 2. The molecule has 2 heterocycles. The van der Waals surface area contributed by atoms with Crippen LogP contribution in [0.15, 0.2) is 30.3 Å². The Morgan fingerprint density at radius 2 is 2.06 bits per heavy atom. The number of nitrogens with zero attached hydrogens (tertiary/aromatic N) is 3. The minimum atomic E-state index is -0.216. The van der Waals surface area contributed by atoms with Gasteiger partial charge in [0.05, 0.1) is 23.4 Å². The number of nitrogens with one attached hydrogen (secondary N) is 1. The maximum absolute atomic E-state index is 13.2. The minimum Gasteiger partial charge on any atom is -0.507 e. The minimum absolute atomic E-state index is 0.0647. The van der Waals surface area contributed by atoms with Gasteiger partial charge in [0, 0.05) is 38.2 Å². The molecule has 1 amide bonds. The first-order valence-corrected chi connectivity index (χ1v) is 10.4. The number of ether oxygens (including phenoxy) is 2. The van der Waals surface area contributed by atoms with Crippen molar-refractivity contribution >= 4 is 16.8 Å². The second-order valence-corrected chi connectivity index (χ2v) is 7.85. The molecule has 2 aromatic carbocycles. The predicted molar refractivity (Wildman–Crippen MR) is 117 cm³/mol. The zero-order valence-corrected chi connectivity index (χ0v) is 18.1. The van der Waals surface area contributed by atoms with E-state index >= 15 is 0 Å². The van der Waals surface area contributed by atoms with E-state index in [1.54, 1.807) is 18.1 Å². The van der Waals surface area contributed by atoms with E-state index in [1.807, 2.05) is 18.2 Å². The molecule has 1 aliphatic rings. The van der Waals surface area contributed by atoms with E-state index in [1.165, 1.54) is 6.07 Å². The van der Waals surface area contributed by atoms with E-state index in [4.69, 9.17) is 9.47 Å². The standard InChI is InChI=1S/C23H28N4O4/c1-4-26(2)7-8-31-17-6-5-15-12-27(13-16(15)9-17)23(29)19-10-18-20(11-22(19)28)24-25-21(18)14-30-3/h5-6,9-11,28H,4,7-8,12-14H2,1-3H3,(H,24,25). The molecule has 1 aliphatic heterocycles. The smallest absolute Gasteiger partial charge is 0.258 e. The van der Waals surface area contributed by atoms with Crippen LogP contribution in [0.4, 0.5) is 0 Å². The van der Waals surface area contributed by atoms with Crippen molar-refractivity contribution in [1.82, 2.24) is 20.0 Å². The molecule has 164 valence electrons. The summed E-state index contributed by atoms with van der Waals surface area (Å²) in [4.78, 5) is 17.1. The summed E-state index contributed by atoms with van der Waals surface area (Å²) in [5.41, 5.74) is 3.79. The number of likely N-dealkylation sites (N-methyl/N-ethyl adjacent to an activating group) is 1. The molecule has 0 spiro atoms. The molecule has 31 heavy (non-hydrogen) atoms. The molecule has 0 atom stereocenters. The summed E-state index contributed by atoms with van der Waals surface area (Å²) in [6.07, 6.45) is 0. The summed E-state index contributed by atoms with van der Waals surface area (Å²) in [6, 6.07) is 9.19. The molecule has 0 bridgehead atoms. The van der Waals surface area contributed by atoms with E-state index in [0.717, 1.165) is 35.4 Å². The first-order valence-electron chi connectivity index (χ1n) is 10.4. The number of aromatic nitrogens is 2. The average Bonchev–Trinajstić information content (AvgIpc) is 3.36. The maximum Gasteiger partial charge on any atom is 0.258 e. The van der Waals surface area contributed by atoms with Gasteiger partial charge in [0.2, 0.25) is 0 Å². The number of fused-ring (bicyclic) bond motifs is 2. The third-order valence-electron chi connectivity index (χ3n) is 5.74. The third kappa shape index (κ3) is 4.35. The number of phenolic OH excluding ortho intramolecular Hbond substituents is 1. The Kier molecular flexibility index (Phi) is 6.11. The molecule has 1 aromatic heterocycles. The summed E-state index contributed by atoms with van der Waals surface area (Å²) in [6.45, 7) is 5.88. The van der Waals surface area contributed by atoms with Gasteiger partial charge in [-0.05, 0) is 42.9 Å². The topological polar surface area (TPSA) is 90.9 Å². The number of phenols is 1. The first-order chi connectivity index (χ1) is 15.0. The second kappa shape index (κ2) is 8.95. The monoisotopic (exact) mass is 424 g/mol. The van der Waals surface area contributed by atoms with Crippen molar-refractivity contribution in [2.75, 3.05) is 33.9 Å². The van der Waals surface area contributed by atoms with Gasteiger partial charge < -0.3 is 24.4 Å². The lowest BCUT2D eigenvalue weighted by atomic mass is 10.1. The summed E-state index contributed by atoms with van der Waals surface area (Å²) in [5, 5.41) is 18.3. The van der Waals surface area contributed by atoms with Gasteiger partial charge in [-0.25, -0.2) is 0 Å². The molecule has 8 nitrogen and oxygen atoms in total.